The highest BCUT2D eigenvalue weighted by atomic mass is 16.5. The Morgan fingerprint density at radius 2 is 2.38 bits per heavy atom. The van der Waals surface area contributed by atoms with Crippen LogP contribution >= 0.6 is 0 Å². The van der Waals surface area contributed by atoms with Gasteiger partial charge in [-0.3, -0.25) is 4.79 Å². The van der Waals surface area contributed by atoms with Crippen LogP contribution < -0.4 is 5.32 Å². The summed E-state index contributed by atoms with van der Waals surface area (Å²) in [6.07, 6.45) is 3.67. The Bertz CT molecular complexity index is 551. The maximum Gasteiger partial charge on any atom is 0.224 e. The molecule has 1 unspecified atom stereocenters. The van der Waals surface area contributed by atoms with Crippen LogP contribution in [0, 0.1) is 18.8 Å². The van der Waals surface area contributed by atoms with Crippen molar-refractivity contribution in [2.45, 2.75) is 38.7 Å². The third-order valence-corrected chi connectivity index (χ3v) is 3.53. The first kappa shape index (κ1) is 15.6. The van der Waals surface area contributed by atoms with Crippen molar-refractivity contribution in [1.29, 1.82) is 0 Å². The normalized spacial score (nSPS) is 17.1. The zero-order valence-electron chi connectivity index (χ0n) is 12.3. The number of hydrogen-bond donors (Lipinski definition) is 2. The molecule has 1 aromatic carbocycles. The highest BCUT2D eigenvalue weighted by molar-refractivity contribution is 5.91. The van der Waals surface area contributed by atoms with E-state index in [2.05, 4.69) is 17.2 Å². The number of nitrogens with one attached hydrogen (secondary N) is 1. The Hall–Kier alpha value is -1.83. The van der Waals surface area contributed by atoms with Gasteiger partial charge in [-0.15, -0.1) is 0 Å². The lowest BCUT2D eigenvalue weighted by atomic mass is 10.1. The van der Waals surface area contributed by atoms with Crippen LogP contribution in [0.2, 0.25) is 0 Å². The van der Waals surface area contributed by atoms with E-state index in [1.807, 2.05) is 25.1 Å². The van der Waals surface area contributed by atoms with Crippen molar-refractivity contribution in [3.63, 3.8) is 0 Å². The molecule has 0 radical (unpaired) electrons. The molecule has 112 valence electrons. The lowest BCUT2D eigenvalue weighted by molar-refractivity contribution is -0.116. The second kappa shape index (κ2) is 7.82. The van der Waals surface area contributed by atoms with E-state index in [4.69, 9.17) is 9.84 Å². The monoisotopic (exact) mass is 287 g/mol. The number of aryl methyl sites for hydroxylation is 1. The number of carbonyl (C=O) groups is 1. The number of rotatable bonds is 4. The molecule has 1 fully saturated rings. The van der Waals surface area contributed by atoms with Crippen molar-refractivity contribution in [3.8, 4) is 11.8 Å². The molecule has 1 saturated heterocycles. The average molecular weight is 287 g/mol. The van der Waals surface area contributed by atoms with Gasteiger partial charge in [0.05, 0.1) is 6.10 Å². The molecule has 0 aliphatic carbocycles. The summed E-state index contributed by atoms with van der Waals surface area (Å²) in [4.78, 5) is 12.0. The van der Waals surface area contributed by atoms with Crippen molar-refractivity contribution in [2.24, 2.45) is 0 Å². The van der Waals surface area contributed by atoms with E-state index in [1.165, 1.54) is 0 Å². The summed E-state index contributed by atoms with van der Waals surface area (Å²) in [5, 5.41) is 11.6. The van der Waals surface area contributed by atoms with Crippen molar-refractivity contribution in [1.82, 2.24) is 0 Å². The molecule has 1 heterocycles. The first-order chi connectivity index (χ1) is 10.2. The second-order valence-corrected chi connectivity index (χ2v) is 5.21. The zero-order valence-corrected chi connectivity index (χ0v) is 12.3. The molecule has 1 atom stereocenters. The molecule has 0 bridgehead atoms. The highest BCUT2D eigenvalue weighted by Gasteiger charge is 2.16. The third kappa shape index (κ3) is 4.89. The van der Waals surface area contributed by atoms with Gasteiger partial charge in [0.2, 0.25) is 5.91 Å². The smallest absolute Gasteiger partial charge is 0.224 e. The topological polar surface area (TPSA) is 58.6 Å². The maximum atomic E-state index is 12.0. The van der Waals surface area contributed by atoms with E-state index < -0.39 is 0 Å². The number of aliphatic hydroxyl groups excluding tert-OH is 1. The van der Waals surface area contributed by atoms with E-state index in [1.54, 1.807) is 0 Å². The maximum absolute atomic E-state index is 12.0. The molecule has 0 spiro atoms. The molecule has 1 aliphatic rings. The van der Waals surface area contributed by atoms with Gasteiger partial charge in [0.15, 0.2) is 0 Å². The summed E-state index contributed by atoms with van der Waals surface area (Å²) < 4.78 is 5.51. The summed E-state index contributed by atoms with van der Waals surface area (Å²) in [6, 6.07) is 5.59. The predicted molar refractivity (Wildman–Crippen MR) is 82.0 cm³/mol. The average Bonchev–Trinajstić information content (AvgIpc) is 2.99. The summed E-state index contributed by atoms with van der Waals surface area (Å²) in [7, 11) is 0. The van der Waals surface area contributed by atoms with Crippen LogP contribution in [-0.2, 0) is 9.53 Å². The minimum atomic E-state index is -0.152. The zero-order chi connectivity index (χ0) is 15.1. The quantitative estimate of drug-likeness (QED) is 0.835. The van der Waals surface area contributed by atoms with E-state index in [-0.39, 0.29) is 18.6 Å². The van der Waals surface area contributed by atoms with Gasteiger partial charge in [0.25, 0.3) is 0 Å². The largest absolute Gasteiger partial charge is 0.384 e. The molecule has 4 heteroatoms. The van der Waals surface area contributed by atoms with Crippen LogP contribution in [0.25, 0.3) is 0 Å². The van der Waals surface area contributed by atoms with Gasteiger partial charge in [-0.25, -0.2) is 0 Å². The van der Waals surface area contributed by atoms with E-state index in [0.717, 1.165) is 42.7 Å². The van der Waals surface area contributed by atoms with Crippen molar-refractivity contribution in [2.75, 3.05) is 18.5 Å². The van der Waals surface area contributed by atoms with Gasteiger partial charge < -0.3 is 15.2 Å². The Balaban J connectivity index is 1.88. The van der Waals surface area contributed by atoms with Gasteiger partial charge in [-0.05, 0) is 49.9 Å². The second-order valence-electron chi connectivity index (χ2n) is 5.21. The minimum Gasteiger partial charge on any atom is -0.384 e. The summed E-state index contributed by atoms with van der Waals surface area (Å²) >= 11 is 0. The fourth-order valence-electron chi connectivity index (χ4n) is 2.40. The molecule has 1 aliphatic heterocycles. The molecule has 4 nitrogen and oxygen atoms in total. The fourth-order valence-corrected chi connectivity index (χ4v) is 2.40. The number of amides is 1. The molecule has 0 aromatic heterocycles. The van der Waals surface area contributed by atoms with E-state index >= 15 is 0 Å². The number of anilines is 1. The van der Waals surface area contributed by atoms with Crippen LogP contribution in [0.15, 0.2) is 18.2 Å². The van der Waals surface area contributed by atoms with E-state index in [9.17, 15) is 4.79 Å². The number of benzene rings is 1. The summed E-state index contributed by atoms with van der Waals surface area (Å²) in [5.41, 5.74) is 2.60. The lowest BCUT2D eigenvalue weighted by Gasteiger charge is -2.11. The Labute approximate surface area is 125 Å². The Morgan fingerprint density at radius 3 is 3.05 bits per heavy atom. The molecule has 0 saturated carbocycles. The fraction of sp³-hybridized carbons (Fsp3) is 0.471. The molecular weight excluding hydrogens is 266 g/mol. The van der Waals surface area contributed by atoms with Crippen LogP contribution in [-0.4, -0.2) is 30.3 Å². The van der Waals surface area contributed by atoms with Gasteiger partial charge >= 0.3 is 0 Å². The Morgan fingerprint density at radius 1 is 1.52 bits per heavy atom. The number of aliphatic hydroxyl groups is 1. The molecule has 2 N–H and O–H groups in total. The number of carbonyl (C=O) groups excluding carboxylic acids is 1. The molecule has 21 heavy (non-hydrogen) atoms. The summed E-state index contributed by atoms with van der Waals surface area (Å²) in [5.74, 6) is 5.47. The van der Waals surface area contributed by atoms with Gasteiger partial charge in [-0.2, -0.15) is 0 Å². The summed E-state index contributed by atoms with van der Waals surface area (Å²) in [6.45, 7) is 2.60. The van der Waals surface area contributed by atoms with Crippen molar-refractivity contribution < 1.29 is 14.6 Å². The molecule has 1 aromatic rings. The van der Waals surface area contributed by atoms with Crippen LogP contribution in [0.3, 0.4) is 0 Å². The molecular formula is C17H21NO3. The number of ether oxygens (including phenoxy) is 1. The standard InChI is InChI=1S/C17H21NO3/c1-13-12-14(4-2-10-19)6-8-16(13)18-17(20)9-7-15-5-3-11-21-15/h6,8,12,15,19H,3,5,7,9-11H2,1H3,(H,18,20). The van der Waals surface area contributed by atoms with Crippen molar-refractivity contribution >= 4 is 11.6 Å². The Kier molecular flexibility index (Phi) is 5.79. The third-order valence-electron chi connectivity index (χ3n) is 3.53. The van der Waals surface area contributed by atoms with Crippen LogP contribution in [0.4, 0.5) is 5.69 Å². The molecule has 1 amide bonds. The first-order valence-corrected chi connectivity index (χ1v) is 7.31. The SMILES string of the molecule is Cc1cc(C#CCO)ccc1NC(=O)CCC1CCCO1. The van der Waals surface area contributed by atoms with Gasteiger partial charge in [0.1, 0.15) is 6.61 Å². The van der Waals surface area contributed by atoms with Crippen LogP contribution in [0.5, 0.6) is 0 Å². The van der Waals surface area contributed by atoms with Crippen molar-refractivity contribution in [3.05, 3.63) is 29.3 Å². The van der Waals surface area contributed by atoms with E-state index in [0.29, 0.717) is 6.42 Å². The van der Waals surface area contributed by atoms with Gasteiger partial charge in [-0.1, -0.05) is 11.8 Å². The number of hydrogen-bond acceptors (Lipinski definition) is 3. The molecule has 2 rings (SSSR count). The minimum absolute atomic E-state index is 0.0165. The highest BCUT2D eigenvalue weighted by Crippen LogP contribution is 2.19. The first-order valence-electron chi connectivity index (χ1n) is 7.31. The van der Waals surface area contributed by atoms with Crippen LogP contribution in [0.1, 0.15) is 36.8 Å². The predicted octanol–water partition coefficient (Wildman–Crippen LogP) is 2.24. The van der Waals surface area contributed by atoms with Gasteiger partial charge in [0, 0.05) is 24.3 Å². The lowest BCUT2D eigenvalue weighted by Crippen LogP contribution is -2.15.